The quantitative estimate of drug-likeness (QED) is 0.265. The summed E-state index contributed by atoms with van der Waals surface area (Å²) in [5.41, 5.74) is 8.65. The standard InChI is InChI=1S/C27H29N7O2/c1-18(2)9-12-33-25-24(22(14-28)26(33)31-11-5-7-20(29)15-31)30-17-32(27(25)35)16-23-21-8-4-3-6-19(21)10-13-34(23)36/h3-4,6,8-10,13,17,20H,5,7,11-12,15-16,29H2,1-2H3/t20-/m0/s1. The van der Waals surface area contributed by atoms with Gasteiger partial charge in [-0.15, -0.1) is 0 Å². The summed E-state index contributed by atoms with van der Waals surface area (Å²) in [7, 11) is 0. The fourth-order valence-corrected chi connectivity index (χ4v) is 5.03. The van der Waals surface area contributed by atoms with Gasteiger partial charge in [0.25, 0.3) is 5.56 Å². The maximum Gasteiger partial charge on any atom is 0.278 e. The first-order chi connectivity index (χ1) is 17.4. The van der Waals surface area contributed by atoms with Gasteiger partial charge in [-0.05, 0) is 38.1 Å². The van der Waals surface area contributed by atoms with E-state index in [9.17, 15) is 15.3 Å². The summed E-state index contributed by atoms with van der Waals surface area (Å²) in [4.78, 5) is 20.6. The van der Waals surface area contributed by atoms with E-state index in [1.165, 1.54) is 17.1 Å². The van der Waals surface area contributed by atoms with Gasteiger partial charge in [-0.2, -0.15) is 9.99 Å². The summed E-state index contributed by atoms with van der Waals surface area (Å²) in [5.74, 6) is 0.687. The smallest absolute Gasteiger partial charge is 0.278 e. The maximum absolute atomic E-state index is 13.9. The van der Waals surface area contributed by atoms with E-state index in [2.05, 4.69) is 16.0 Å². The molecule has 0 amide bonds. The molecule has 0 unspecified atom stereocenters. The van der Waals surface area contributed by atoms with Crippen molar-refractivity contribution in [2.24, 2.45) is 5.73 Å². The Morgan fingerprint density at radius 3 is 2.89 bits per heavy atom. The number of benzene rings is 1. The topological polar surface area (TPSA) is 120 Å². The molecule has 4 heterocycles. The van der Waals surface area contributed by atoms with Crippen molar-refractivity contribution >= 4 is 27.6 Å². The van der Waals surface area contributed by atoms with Crippen molar-refractivity contribution in [2.45, 2.75) is 45.8 Å². The van der Waals surface area contributed by atoms with Crippen LogP contribution in [0.4, 0.5) is 5.82 Å². The highest BCUT2D eigenvalue weighted by Crippen LogP contribution is 2.32. The zero-order chi connectivity index (χ0) is 25.4. The van der Waals surface area contributed by atoms with E-state index in [1.54, 1.807) is 6.07 Å². The number of nitriles is 1. The van der Waals surface area contributed by atoms with Gasteiger partial charge in [0.05, 0.1) is 11.7 Å². The number of aromatic nitrogens is 4. The van der Waals surface area contributed by atoms with Crippen LogP contribution in [0.2, 0.25) is 0 Å². The Balaban J connectivity index is 1.72. The van der Waals surface area contributed by atoms with E-state index in [0.717, 1.165) is 40.5 Å². The Morgan fingerprint density at radius 1 is 1.33 bits per heavy atom. The zero-order valence-electron chi connectivity index (χ0n) is 20.5. The summed E-state index contributed by atoms with van der Waals surface area (Å²) < 4.78 is 4.13. The number of hydrogen-bond acceptors (Lipinski definition) is 6. The summed E-state index contributed by atoms with van der Waals surface area (Å²) in [5, 5.41) is 24.5. The number of allylic oxidation sites excluding steroid dienone is 2. The van der Waals surface area contributed by atoms with Crippen molar-refractivity contribution in [3.05, 3.63) is 81.3 Å². The van der Waals surface area contributed by atoms with Crippen LogP contribution in [-0.2, 0) is 13.1 Å². The van der Waals surface area contributed by atoms with Crippen molar-refractivity contribution in [1.82, 2.24) is 14.1 Å². The molecule has 1 aliphatic heterocycles. The summed E-state index contributed by atoms with van der Waals surface area (Å²) in [6, 6.07) is 11.7. The lowest BCUT2D eigenvalue weighted by molar-refractivity contribution is -0.612. The van der Waals surface area contributed by atoms with E-state index in [4.69, 9.17) is 5.73 Å². The van der Waals surface area contributed by atoms with Gasteiger partial charge < -0.3 is 20.4 Å². The highest BCUT2D eigenvalue weighted by atomic mass is 16.5. The highest BCUT2D eigenvalue weighted by molar-refractivity contribution is 5.89. The Labute approximate surface area is 208 Å². The predicted octanol–water partition coefficient (Wildman–Crippen LogP) is 2.80. The minimum Gasteiger partial charge on any atom is -0.618 e. The number of anilines is 1. The largest absolute Gasteiger partial charge is 0.618 e. The molecule has 0 aliphatic carbocycles. The molecule has 0 radical (unpaired) electrons. The van der Waals surface area contributed by atoms with E-state index in [-0.39, 0.29) is 18.1 Å². The molecule has 1 aliphatic rings. The van der Waals surface area contributed by atoms with E-state index in [1.807, 2.05) is 48.8 Å². The van der Waals surface area contributed by atoms with Crippen LogP contribution >= 0.6 is 0 Å². The molecular weight excluding hydrogens is 454 g/mol. The Morgan fingerprint density at radius 2 is 2.14 bits per heavy atom. The summed E-state index contributed by atoms with van der Waals surface area (Å²) >= 11 is 0. The van der Waals surface area contributed by atoms with Crippen LogP contribution in [0.3, 0.4) is 0 Å². The zero-order valence-corrected chi connectivity index (χ0v) is 20.5. The van der Waals surface area contributed by atoms with Crippen molar-refractivity contribution in [1.29, 1.82) is 5.26 Å². The fraction of sp³-hybridized carbons (Fsp3) is 0.333. The lowest BCUT2D eigenvalue weighted by Gasteiger charge is -2.33. The van der Waals surface area contributed by atoms with Crippen LogP contribution in [0, 0.1) is 16.5 Å². The molecule has 36 heavy (non-hydrogen) atoms. The third-order valence-corrected chi connectivity index (χ3v) is 6.80. The monoisotopic (exact) mass is 483 g/mol. The van der Waals surface area contributed by atoms with Crippen LogP contribution in [0.25, 0.3) is 21.8 Å². The number of rotatable bonds is 5. The number of hydrogen-bond donors (Lipinski definition) is 1. The Hall–Kier alpha value is -4.16. The molecule has 9 nitrogen and oxygen atoms in total. The van der Waals surface area contributed by atoms with Gasteiger partial charge >= 0.3 is 0 Å². The molecule has 1 saturated heterocycles. The molecule has 0 spiro atoms. The lowest BCUT2D eigenvalue weighted by Crippen LogP contribution is -2.44. The van der Waals surface area contributed by atoms with Crippen LogP contribution < -0.4 is 20.9 Å². The molecule has 5 rings (SSSR count). The molecule has 1 atom stereocenters. The minimum absolute atomic E-state index is 0.00341. The van der Waals surface area contributed by atoms with Crippen molar-refractivity contribution in [3.63, 3.8) is 0 Å². The Bertz CT molecular complexity index is 1590. The van der Waals surface area contributed by atoms with Crippen LogP contribution in [-0.4, -0.2) is 33.2 Å². The number of nitrogens with two attached hydrogens (primary N) is 1. The second-order valence-corrected chi connectivity index (χ2v) is 9.60. The van der Waals surface area contributed by atoms with Gasteiger partial charge in [0.15, 0.2) is 6.20 Å². The van der Waals surface area contributed by atoms with Crippen molar-refractivity contribution in [3.8, 4) is 6.07 Å². The predicted molar refractivity (Wildman–Crippen MR) is 140 cm³/mol. The molecule has 1 fully saturated rings. The molecule has 0 saturated carbocycles. The average molecular weight is 484 g/mol. The normalized spacial score (nSPS) is 15.8. The first kappa shape index (κ1) is 23.6. The second-order valence-electron chi connectivity index (χ2n) is 9.60. The van der Waals surface area contributed by atoms with Crippen molar-refractivity contribution in [2.75, 3.05) is 18.0 Å². The molecule has 4 aromatic rings. The Kier molecular flexibility index (Phi) is 6.20. The maximum atomic E-state index is 13.9. The highest BCUT2D eigenvalue weighted by Gasteiger charge is 2.28. The molecular formula is C27H29N7O2. The van der Waals surface area contributed by atoms with Gasteiger partial charge in [-0.3, -0.25) is 9.36 Å². The molecule has 9 heteroatoms. The molecule has 1 aromatic carbocycles. The molecule has 0 bridgehead atoms. The number of nitrogens with zero attached hydrogens (tertiary/aromatic N) is 6. The van der Waals surface area contributed by atoms with Crippen LogP contribution in [0.15, 0.2) is 59.3 Å². The SMILES string of the molecule is CC(C)=CCn1c(N2CCC[C@H](N)C2)c(C#N)c2ncn(Cc3c4ccccc4cc[n+]3[O-])c(=O)c21. The average Bonchev–Trinajstić information content (AvgIpc) is 3.20. The van der Waals surface area contributed by atoms with E-state index >= 15 is 0 Å². The van der Waals surface area contributed by atoms with E-state index in [0.29, 0.717) is 41.2 Å². The minimum atomic E-state index is -0.292. The second kappa shape index (κ2) is 9.47. The number of fused-ring (bicyclic) bond motifs is 2. The van der Waals surface area contributed by atoms with Gasteiger partial charge in [-0.25, -0.2) is 4.98 Å². The van der Waals surface area contributed by atoms with E-state index < -0.39 is 0 Å². The van der Waals surface area contributed by atoms with Crippen molar-refractivity contribution < 1.29 is 4.73 Å². The van der Waals surface area contributed by atoms with Gasteiger partial charge in [-0.1, -0.05) is 29.8 Å². The summed E-state index contributed by atoms with van der Waals surface area (Å²) in [6.07, 6.45) is 6.76. The van der Waals surface area contributed by atoms with Gasteiger partial charge in [0, 0.05) is 31.7 Å². The molecule has 184 valence electrons. The summed E-state index contributed by atoms with van der Waals surface area (Å²) in [6.45, 7) is 5.85. The number of pyridine rings is 1. The van der Waals surface area contributed by atoms with Crippen LogP contribution in [0.5, 0.6) is 0 Å². The first-order valence-corrected chi connectivity index (χ1v) is 12.1. The van der Waals surface area contributed by atoms with Gasteiger partial charge in [0.1, 0.15) is 35.0 Å². The van der Waals surface area contributed by atoms with Crippen LogP contribution in [0.1, 0.15) is 37.9 Å². The lowest BCUT2D eigenvalue weighted by atomic mass is 10.1. The third kappa shape index (κ3) is 4.10. The fourth-order valence-electron chi connectivity index (χ4n) is 5.03. The molecule has 3 aromatic heterocycles. The first-order valence-electron chi connectivity index (χ1n) is 12.1. The third-order valence-electron chi connectivity index (χ3n) is 6.80. The number of piperidine rings is 1. The molecule has 2 N–H and O–H groups in total. The van der Waals surface area contributed by atoms with Gasteiger partial charge in [0.2, 0.25) is 5.69 Å².